The Hall–Kier alpha value is -4.72. The Balaban J connectivity index is 1.20. The van der Waals surface area contributed by atoms with Gasteiger partial charge in [-0.05, 0) is 55.7 Å². The first kappa shape index (κ1) is 23.4. The predicted molar refractivity (Wildman–Crippen MR) is 149 cm³/mol. The molecule has 4 heterocycles. The van der Waals surface area contributed by atoms with Crippen LogP contribution in [0, 0.1) is 6.92 Å². The van der Waals surface area contributed by atoms with E-state index >= 15 is 0 Å². The fourth-order valence-electron chi connectivity index (χ4n) is 5.94. The molecule has 8 heteroatoms. The number of H-pyrrole nitrogens is 1. The van der Waals surface area contributed by atoms with Gasteiger partial charge in [0.05, 0.1) is 22.3 Å². The van der Waals surface area contributed by atoms with Crippen LogP contribution < -0.4 is 15.2 Å². The summed E-state index contributed by atoms with van der Waals surface area (Å²) in [7, 11) is 0. The number of amides is 1. The molecule has 0 bridgehead atoms. The minimum atomic E-state index is -0.0925. The molecule has 0 aliphatic carbocycles. The van der Waals surface area contributed by atoms with Gasteiger partial charge >= 0.3 is 5.69 Å². The normalized spacial score (nSPS) is 15.3. The van der Waals surface area contributed by atoms with Crippen LogP contribution in [0.5, 0.6) is 11.5 Å². The van der Waals surface area contributed by atoms with Crippen molar-refractivity contribution in [2.45, 2.75) is 25.8 Å². The smallest absolute Gasteiger partial charge is 0.326 e. The van der Waals surface area contributed by atoms with Crippen LogP contribution in [0.3, 0.4) is 0 Å². The Bertz CT molecular complexity index is 1760. The third kappa shape index (κ3) is 3.91. The number of imidazole rings is 1. The van der Waals surface area contributed by atoms with Crippen LogP contribution in [0.1, 0.15) is 34.9 Å². The van der Waals surface area contributed by atoms with Gasteiger partial charge in [-0.1, -0.05) is 42.5 Å². The van der Waals surface area contributed by atoms with E-state index in [1.165, 1.54) is 0 Å². The molecule has 0 saturated carbocycles. The highest BCUT2D eigenvalue weighted by Crippen LogP contribution is 2.37. The number of nitrogens with zero attached hydrogens (tertiary/aromatic N) is 3. The Morgan fingerprint density at radius 2 is 1.64 bits per heavy atom. The van der Waals surface area contributed by atoms with Gasteiger partial charge in [-0.2, -0.15) is 0 Å². The first-order chi connectivity index (χ1) is 19.1. The fraction of sp³-hybridized carbons (Fsp3) is 0.226. The second kappa shape index (κ2) is 9.23. The van der Waals surface area contributed by atoms with E-state index in [2.05, 4.69) is 21.7 Å². The van der Waals surface area contributed by atoms with E-state index in [9.17, 15) is 9.59 Å². The highest BCUT2D eigenvalue weighted by Gasteiger charge is 2.29. The monoisotopic (exact) mass is 520 g/mol. The second-order valence-electron chi connectivity index (χ2n) is 10.1. The van der Waals surface area contributed by atoms with Crippen molar-refractivity contribution in [3.63, 3.8) is 0 Å². The number of hydrogen-bond acceptors (Lipinski definition) is 4. The summed E-state index contributed by atoms with van der Waals surface area (Å²) in [5.74, 6) is 1.43. The lowest BCUT2D eigenvalue weighted by Crippen LogP contribution is -2.40. The van der Waals surface area contributed by atoms with E-state index in [4.69, 9.17) is 9.47 Å². The number of para-hydroxylation sites is 2. The van der Waals surface area contributed by atoms with Crippen molar-refractivity contribution in [2.75, 3.05) is 19.9 Å². The molecule has 8 nitrogen and oxygen atoms in total. The highest BCUT2D eigenvalue weighted by molar-refractivity contribution is 5.97. The van der Waals surface area contributed by atoms with Crippen LogP contribution >= 0.6 is 0 Å². The van der Waals surface area contributed by atoms with Crippen molar-refractivity contribution in [3.05, 3.63) is 101 Å². The van der Waals surface area contributed by atoms with E-state index < -0.39 is 0 Å². The number of nitrogens with one attached hydrogen (secondary N) is 1. The van der Waals surface area contributed by atoms with Gasteiger partial charge in [0.1, 0.15) is 0 Å². The molecule has 1 amide bonds. The van der Waals surface area contributed by atoms with Gasteiger partial charge in [-0.3, -0.25) is 9.36 Å². The molecule has 196 valence electrons. The van der Waals surface area contributed by atoms with Crippen molar-refractivity contribution in [3.8, 4) is 28.4 Å². The summed E-state index contributed by atoms with van der Waals surface area (Å²) in [5.41, 5.74) is 6.08. The van der Waals surface area contributed by atoms with Crippen molar-refractivity contribution in [1.82, 2.24) is 19.0 Å². The zero-order valence-electron chi connectivity index (χ0n) is 21.6. The first-order valence-electron chi connectivity index (χ1n) is 13.2. The zero-order chi connectivity index (χ0) is 26.5. The number of ether oxygens (including phenoxy) is 2. The van der Waals surface area contributed by atoms with Crippen molar-refractivity contribution < 1.29 is 14.3 Å². The average molecular weight is 521 g/mol. The number of aromatic nitrogens is 3. The summed E-state index contributed by atoms with van der Waals surface area (Å²) in [6.45, 7) is 3.37. The van der Waals surface area contributed by atoms with Gasteiger partial charge in [0.2, 0.25) is 6.79 Å². The molecular formula is C31H28N4O4. The molecule has 2 aromatic heterocycles. The Kier molecular flexibility index (Phi) is 5.54. The lowest BCUT2D eigenvalue weighted by Gasteiger charge is -2.32. The molecule has 7 rings (SSSR count). The summed E-state index contributed by atoms with van der Waals surface area (Å²) in [6.07, 6.45) is 1.45. The molecule has 0 unspecified atom stereocenters. The molecule has 1 saturated heterocycles. The number of benzene rings is 3. The summed E-state index contributed by atoms with van der Waals surface area (Å²) >= 11 is 0. The molecule has 39 heavy (non-hydrogen) atoms. The van der Waals surface area contributed by atoms with E-state index in [1.54, 1.807) is 0 Å². The number of piperidine rings is 1. The largest absolute Gasteiger partial charge is 0.454 e. The maximum absolute atomic E-state index is 13.9. The number of fused-ring (bicyclic) bond motifs is 2. The van der Waals surface area contributed by atoms with Gasteiger partial charge in [0.15, 0.2) is 11.5 Å². The molecular weight excluding hydrogens is 492 g/mol. The number of hydrogen-bond donors (Lipinski definition) is 1. The topological polar surface area (TPSA) is 81.5 Å². The molecule has 2 aliphatic rings. The van der Waals surface area contributed by atoms with E-state index in [1.807, 2.05) is 83.1 Å². The summed E-state index contributed by atoms with van der Waals surface area (Å²) in [6, 6.07) is 25.8. The predicted octanol–water partition coefficient (Wildman–Crippen LogP) is 5.30. The molecule has 0 spiro atoms. The minimum Gasteiger partial charge on any atom is -0.454 e. The Morgan fingerprint density at radius 1 is 0.897 bits per heavy atom. The van der Waals surface area contributed by atoms with Gasteiger partial charge in [-0.15, -0.1) is 0 Å². The lowest BCUT2D eigenvalue weighted by molar-refractivity contribution is 0.0694. The van der Waals surface area contributed by atoms with Crippen LogP contribution in [0.4, 0.5) is 0 Å². The molecule has 3 aromatic carbocycles. The highest BCUT2D eigenvalue weighted by atomic mass is 16.7. The van der Waals surface area contributed by atoms with Crippen molar-refractivity contribution >= 4 is 16.9 Å². The van der Waals surface area contributed by atoms with Gasteiger partial charge in [-0.25, -0.2) is 4.79 Å². The number of likely N-dealkylation sites (tertiary alicyclic amines) is 1. The van der Waals surface area contributed by atoms with Crippen molar-refractivity contribution in [1.29, 1.82) is 0 Å². The number of carbonyl (C=O) groups excluding carboxylic acids is 1. The minimum absolute atomic E-state index is 0.00824. The molecule has 0 radical (unpaired) electrons. The Morgan fingerprint density at radius 3 is 2.46 bits per heavy atom. The van der Waals surface area contributed by atoms with Gasteiger partial charge < -0.3 is 23.9 Å². The van der Waals surface area contributed by atoms with E-state index in [-0.39, 0.29) is 24.4 Å². The van der Waals surface area contributed by atoms with Crippen LogP contribution in [0.2, 0.25) is 0 Å². The number of carbonyl (C=O) groups is 1. The Labute approximate surface area is 225 Å². The van der Waals surface area contributed by atoms with Crippen LogP contribution in [0.15, 0.2) is 83.7 Å². The maximum Gasteiger partial charge on any atom is 0.326 e. The molecule has 1 fully saturated rings. The molecule has 1 N–H and O–H groups in total. The standard InChI is InChI=1S/C31H28N4O4/c1-20-24(30(36)33-15-13-22(14-16-33)35-26-10-6-5-9-25(26)32-31(35)37)18-27(21-7-3-2-4-8-21)34(20)23-11-12-28-29(17-23)39-19-38-28/h2-12,17-18,22H,13-16,19H2,1H3,(H,32,37). The van der Waals surface area contributed by atoms with Crippen molar-refractivity contribution in [2.24, 2.45) is 0 Å². The number of rotatable bonds is 4. The van der Waals surface area contributed by atoms with Gasteiger partial charge in [0, 0.05) is 36.6 Å². The quantitative estimate of drug-likeness (QED) is 0.349. The summed E-state index contributed by atoms with van der Waals surface area (Å²) in [5, 5.41) is 0. The fourth-order valence-corrected chi connectivity index (χ4v) is 5.94. The average Bonchev–Trinajstić information content (AvgIpc) is 3.67. The lowest BCUT2D eigenvalue weighted by atomic mass is 10.0. The summed E-state index contributed by atoms with van der Waals surface area (Å²) in [4.78, 5) is 31.5. The second-order valence-corrected chi connectivity index (χ2v) is 10.1. The van der Waals surface area contributed by atoms with Gasteiger partial charge in [0.25, 0.3) is 5.91 Å². The molecule has 0 atom stereocenters. The van der Waals surface area contributed by atoms with Crippen LogP contribution in [-0.2, 0) is 0 Å². The zero-order valence-corrected chi connectivity index (χ0v) is 21.6. The van der Waals surface area contributed by atoms with E-state index in [0.29, 0.717) is 24.4 Å². The van der Waals surface area contributed by atoms with Crippen LogP contribution in [-0.4, -0.2) is 44.8 Å². The maximum atomic E-state index is 13.9. The van der Waals surface area contributed by atoms with Crippen LogP contribution in [0.25, 0.3) is 28.0 Å². The number of aromatic amines is 1. The van der Waals surface area contributed by atoms with E-state index in [0.717, 1.165) is 52.3 Å². The third-order valence-corrected chi connectivity index (χ3v) is 7.90. The molecule has 5 aromatic rings. The third-order valence-electron chi connectivity index (χ3n) is 7.90. The molecule has 2 aliphatic heterocycles. The first-order valence-corrected chi connectivity index (χ1v) is 13.2. The SMILES string of the molecule is Cc1c(C(=O)N2CCC(n3c(=O)[nH]c4ccccc43)CC2)cc(-c2ccccc2)n1-c1ccc2c(c1)OCO2. The summed E-state index contributed by atoms with van der Waals surface area (Å²) < 4.78 is 15.1.